The summed E-state index contributed by atoms with van der Waals surface area (Å²) in [6, 6.07) is 5.12. The van der Waals surface area contributed by atoms with E-state index in [1.54, 1.807) is 36.9 Å². The second kappa shape index (κ2) is 6.34. The topological polar surface area (TPSA) is 49.9 Å². The first kappa shape index (κ1) is 17.5. The van der Waals surface area contributed by atoms with E-state index in [2.05, 4.69) is 0 Å². The maximum Gasteiger partial charge on any atom is 0.256 e. The Morgan fingerprint density at radius 1 is 1.23 bits per heavy atom. The molecule has 0 radical (unpaired) electrons. The van der Waals surface area contributed by atoms with Gasteiger partial charge in [0.2, 0.25) is 5.91 Å². The van der Waals surface area contributed by atoms with Gasteiger partial charge in [-0.3, -0.25) is 9.59 Å². The molecule has 1 aromatic carbocycles. The summed E-state index contributed by atoms with van der Waals surface area (Å²) in [4.78, 5) is 28.5. The summed E-state index contributed by atoms with van der Waals surface area (Å²) in [5.41, 5.74) is 0.664. The van der Waals surface area contributed by atoms with Crippen molar-refractivity contribution in [1.29, 1.82) is 0 Å². The van der Waals surface area contributed by atoms with Crippen LogP contribution in [0.2, 0.25) is 0 Å². The zero-order valence-electron chi connectivity index (χ0n) is 15.3. The van der Waals surface area contributed by atoms with Gasteiger partial charge in [0.15, 0.2) is 0 Å². The lowest BCUT2D eigenvalue weighted by molar-refractivity contribution is -0.130. The first-order valence-corrected chi connectivity index (χ1v) is 9.32. The van der Waals surface area contributed by atoms with Crippen molar-refractivity contribution < 1.29 is 18.7 Å². The number of nitrogens with zero attached hydrogens (tertiary/aromatic N) is 2. The maximum atomic E-state index is 14.3. The molecule has 6 heteroatoms. The van der Waals surface area contributed by atoms with Crippen molar-refractivity contribution in [2.45, 2.75) is 32.7 Å². The molecule has 2 atom stereocenters. The minimum Gasteiger partial charge on any atom is -0.379 e. The number of carbonyl (C=O) groups is 2. The molecular weight excluding hydrogens is 335 g/mol. The molecule has 140 valence electrons. The van der Waals surface area contributed by atoms with Crippen LogP contribution in [0.5, 0.6) is 0 Å². The molecule has 0 bridgehead atoms. The van der Waals surface area contributed by atoms with Crippen LogP contribution in [0.25, 0.3) is 0 Å². The molecule has 0 aromatic heterocycles. The Bertz CT molecular complexity index is 743. The van der Waals surface area contributed by atoms with E-state index in [0.29, 0.717) is 37.8 Å². The van der Waals surface area contributed by atoms with E-state index in [1.165, 1.54) is 0 Å². The molecule has 5 nitrogen and oxygen atoms in total. The van der Waals surface area contributed by atoms with E-state index in [0.717, 1.165) is 19.4 Å². The molecule has 1 aromatic rings. The second-order valence-electron chi connectivity index (χ2n) is 7.95. The smallest absolute Gasteiger partial charge is 0.256 e. The molecule has 0 unspecified atom stereocenters. The van der Waals surface area contributed by atoms with Gasteiger partial charge in [-0.1, -0.05) is 12.1 Å². The first-order valence-electron chi connectivity index (χ1n) is 9.32. The van der Waals surface area contributed by atoms with Gasteiger partial charge in [-0.05, 0) is 36.8 Å². The van der Waals surface area contributed by atoms with Crippen molar-refractivity contribution in [3.63, 3.8) is 0 Å². The molecule has 26 heavy (non-hydrogen) atoms. The van der Waals surface area contributed by atoms with Crippen LogP contribution >= 0.6 is 0 Å². The molecule has 4 rings (SSSR count). The van der Waals surface area contributed by atoms with Crippen molar-refractivity contribution in [2.75, 3.05) is 32.8 Å². The highest BCUT2D eigenvalue weighted by atomic mass is 19.1. The number of likely N-dealkylation sites (tertiary alicyclic amines) is 2. The molecule has 3 aliphatic heterocycles. The van der Waals surface area contributed by atoms with Crippen LogP contribution in [0.1, 0.15) is 35.7 Å². The van der Waals surface area contributed by atoms with Crippen LogP contribution in [0.3, 0.4) is 0 Å². The van der Waals surface area contributed by atoms with E-state index in [-0.39, 0.29) is 28.8 Å². The standard InChI is InChI=1S/C20H25FN2O3/c1-13-4-3-5-15(18(13)21)19(25)22-8-6-20(7-9-22)12-23(14(2)24)17-11-26-10-16(17)20/h3-5,16-17H,6-12H2,1-2H3/t16-,17+/m0/s1. The van der Waals surface area contributed by atoms with Crippen LogP contribution in [-0.2, 0) is 9.53 Å². The summed E-state index contributed by atoms with van der Waals surface area (Å²) in [5.74, 6) is -0.213. The van der Waals surface area contributed by atoms with Gasteiger partial charge in [0.1, 0.15) is 5.82 Å². The largest absolute Gasteiger partial charge is 0.379 e. The summed E-state index contributed by atoms with van der Waals surface area (Å²) in [6.07, 6.45) is 1.67. The highest BCUT2D eigenvalue weighted by Gasteiger charge is 2.56. The monoisotopic (exact) mass is 360 g/mol. The number of fused-ring (bicyclic) bond motifs is 2. The average Bonchev–Trinajstić information content (AvgIpc) is 3.21. The van der Waals surface area contributed by atoms with Gasteiger partial charge in [-0.25, -0.2) is 4.39 Å². The fourth-order valence-electron chi connectivity index (χ4n) is 5.02. The lowest BCUT2D eigenvalue weighted by Crippen LogP contribution is -2.47. The predicted molar refractivity (Wildman–Crippen MR) is 94.2 cm³/mol. The minimum atomic E-state index is -0.425. The molecule has 3 saturated heterocycles. The SMILES string of the molecule is CC(=O)N1CC2(CCN(C(=O)c3cccc(C)c3F)CC2)[C@H]2COC[C@H]21. The molecule has 0 saturated carbocycles. The molecule has 0 aliphatic carbocycles. The Morgan fingerprint density at radius 3 is 2.65 bits per heavy atom. The van der Waals surface area contributed by atoms with Crippen LogP contribution < -0.4 is 0 Å². The molecule has 3 heterocycles. The zero-order valence-corrected chi connectivity index (χ0v) is 15.3. The third kappa shape index (κ3) is 2.62. The Morgan fingerprint density at radius 2 is 1.96 bits per heavy atom. The van der Waals surface area contributed by atoms with E-state index in [9.17, 15) is 14.0 Å². The molecule has 3 fully saturated rings. The fourth-order valence-corrected chi connectivity index (χ4v) is 5.02. The number of halogens is 1. The number of amides is 2. The van der Waals surface area contributed by atoms with Crippen molar-refractivity contribution in [3.05, 3.63) is 35.1 Å². The second-order valence-corrected chi connectivity index (χ2v) is 7.95. The van der Waals surface area contributed by atoms with Crippen molar-refractivity contribution in [2.24, 2.45) is 11.3 Å². The summed E-state index contributed by atoms with van der Waals surface area (Å²) < 4.78 is 20.0. The number of carbonyl (C=O) groups excluding carboxylic acids is 2. The third-order valence-electron chi connectivity index (χ3n) is 6.60. The van der Waals surface area contributed by atoms with E-state index < -0.39 is 5.82 Å². The molecule has 1 spiro atoms. The van der Waals surface area contributed by atoms with Crippen LogP contribution in [0.4, 0.5) is 4.39 Å². The van der Waals surface area contributed by atoms with E-state index in [1.807, 2.05) is 4.90 Å². The predicted octanol–water partition coefficient (Wildman–Crippen LogP) is 2.23. The lowest BCUT2D eigenvalue weighted by atomic mass is 9.70. The third-order valence-corrected chi connectivity index (χ3v) is 6.60. The summed E-state index contributed by atoms with van der Waals surface area (Å²) in [7, 11) is 0. The van der Waals surface area contributed by atoms with Gasteiger partial charge in [-0.15, -0.1) is 0 Å². The average molecular weight is 360 g/mol. The minimum absolute atomic E-state index is 0.0226. The summed E-state index contributed by atoms with van der Waals surface area (Å²) >= 11 is 0. The Labute approximate surface area is 153 Å². The number of rotatable bonds is 1. The maximum absolute atomic E-state index is 14.3. The lowest BCUT2D eigenvalue weighted by Gasteiger charge is -2.42. The number of hydrogen-bond donors (Lipinski definition) is 0. The number of ether oxygens (including phenoxy) is 1. The normalized spacial score (nSPS) is 27.0. The van der Waals surface area contributed by atoms with Gasteiger partial charge >= 0.3 is 0 Å². The highest BCUT2D eigenvalue weighted by Crippen LogP contribution is 2.50. The van der Waals surface area contributed by atoms with Gasteiger partial charge in [0, 0.05) is 32.5 Å². The zero-order chi connectivity index (χ0) is 18.5. The highest BCUT2D eigenvalue weighted by molar-refractivity contribution is 5.94. The molecule has 2 amide bonds. The fraction of sp³-hybridized carbons (Fsp3) is 0.600. The Balaban J connectivity index is 1.50. The van der Waals surface area contributed by atoms with Crippen molar-refractivity contribution >= 4 is 11.8 Å². The first-order chi connectivity index (χ1) is 12.4. The summed E-state index contributed by atoms with van der Waals surface area (Å²) in [5, 5.41) is 0. The number of aryl methyl sites for hydroxylation is 1. The molecule has 0 N–H and O–H groups in total. The van der Waals surface area contributed by atoms with Gasteiger partial charge in [0.25, 0.3) is 5.91 Å². The van der Waals surface area contributed by atoms with Crippen molar-refractivity contribution in [3.8, 4) is 0 Å². The number of benzene rings is 1. The molecular formula is C20H25FN2O3. The Kier molecular flexibility index (Phi) is 4.26. The van der Waals surface area contributed by atoms with Crippen LogP contribution in [-0.4, -0.2) is 60.5 Å². The van der Waals surface area contributed by atoms with Gasteiger partial charge in [-0.2, -0.15) is 0 Å². The van der Waals surface area contributed by atoms with Crippen LogP contribution in [0, 0.1) is 24.1 Å². The number of piperidine rings is 1. The van der Waals surface area contributed by atoms with Gasteiger partial charge < -0.3 is 14.5 Å². The van der Waals surface area contributed by atoms with Crippen molar-refractivity contribution in [1.82, 2.24) is 9.80 Å². The van der Waals surface area contributed by atoms with E-state index >= 15 is 0 Å². The van der Waals surface area contributed by atoms with E-state index in [4.69, 9.17) is 4.74 Å². The quantitative estimate of drug-likeness (QED) is 0.772. The summed E-state index contributed by atoms with van der Waals surface area (Å²) in [6.45, 7) is 6.54. The van der Waals surface area contributed by atoms with Crippen LogP contribution in [0.15, 0.2) is 18.2 Å². The number of hydrogen-bond acceptors (Lipinski definition) is 3. The molecule has 3 aliphatic rings. The Hall–Kier alpha value is -1.95. The van der Waals surface area contributed by atoms with Gasteiger partial charge in [0.05, 0.1) is 24.8 Å².